The van der Waals surface area contributed by atoms with Crippen LogP contribution in [0.5, 0.6) is 0 Å². The van der Waals surface area contributed by atoms with E-state index in [0.717, 1.165) is 19.5 Å². The molecule has 1 fully saturated rings. The molecule has 2 N–H and O–H groups in total. The number of carbonyl (C=O) groups is 1. The van der Waals surface area contributed by atoms with Gasteiger partial charge in [-0.05, 0) is 25.8 Å². The Bertz CT molecular complexity index is 442. The maximum Gasteiger partial charge on any atom is 0.339 e. The average molecular weight is 253 g/mol. The summed E-state index contributed by atoms with van der Waals surface area (Å²) >= 11 is 0. The van der Waals surface area contributed by atoms with Crippen LogP contribution in [0, 0.1) is 5.92 Å². The fourth-order valence-electron chi connectivity index (χ4n) is 2.44. The molecule has 2 heterocycles. The van der Waals surface area contributed by atoms with Crippen LogP contribution >= 0.6 is 0 Å². The Kier molecular flexibility index (Phi) is 3.68. The minimum absolute atomic E-state index is 0.262. The van der Waals surface area contributed by atoms with Gasteiger partial charge in [0.25, 0.3) is 0 Å². The van der Waals surface area contributed by atoms with Crippen molar-refractivity contribution in [3.8, 4) is 0 Å². The van der Waals surface area contributed by atoms with Crippen LogP contribution in [0.15, 0.2) is 6.20 Å². The first-order valence-electron chi connectivity index (χ1n) is 6.13. The number of aromatic carboxylic acids is 1. The van der Waals surface area contributed by atoms with E-state index in [9.17, 15) is 9.90 Å². The van der Waals surface area contributed by atoms with E-state index in [4.69, 9.17) is 5.11 Å². The van der Waals surface area contributed by atoms with Crippen molar-refractivity contribution >= 4 is 5.97 Å². The van der Waals surface area contributed by atoms with Gasteiger partial charge in [0, 0.05) is 20.1 Å². The molecule has 0 bridgehead atoms. The minimum Gasteiger partial charge on any atom is -0.478 e. The first-order chi connectivity index (χ1) is 8.49. The van der Waals surface area contributed by atoms with Gasteiger partial charge < -0.3 is 10.2 Å². The van der Waals surface area contributed by atoms with Crippen molar-refractivity contribution in [1.29, 1.82) is 0 Å². The Morgan fingerprint density at radius 1 is 1.67 bits per heavy atom. The molecule has 6 heteroatoms. The van der Waals surface area contributed by atoms with Crippen LogP contribution in [0.2, 0.25) is 0 Å². The molecule has 2 atom stereocenters. The topological polar surface area (TPSA) is 78.6 Å². The smallest absolute Gasteiger partial charge is 0.339 e. The second kappa shape index (κ2) is 5.07. The van der Waals surface area contributed by atoms with E-state index in [2.05, 4.69) is 10.00 Å². The van der Waals surface area contributed by atoms with Gasteiger partial charge in [0.2, 0.25) is 0 Å². The highest BCUT2D eigenvalue weighted by Crippen LogP contribution is 2.22. The Labute approximate surface area is 106 Å². The number of rotatable bonds is 4. The van der Waals surface area contributed by atoms with Gasteiger partial charge in [0.05, 0.1) is 18.0 Å². The zero-order valence-electron chi connectivity index (χ0n) is 10.7. The molecule has 0 saturated carbocycles. The molecule has 2 rings (SSSR count). The zero-order valence-corrected chi connectivity index (χ0v) is 10.7. The maximum atomic E-state index is 11.1. The summed E-state index contributed by atoms with van der Waals surface area (Å²) in [5, 5.41) is 22.6. The molecule has 0 spiro atoms. The van der Waals surface area contributed by atoms with Crippen LogP contribution in [0.4, 0.5) is 0 Å². The lowest BCUT2D eigenvalue weighted by molar-refractivity contribution is 0.0694. The number of aliphatic hydroxyl groups is 1. The quantitative estimate of drug-likeness (QED) is 0.808. The summed E-state index contributed by atoms with van der Waals surface area (Å²) in [5.41, 5.74) is 0.978. The van der Waals surface area contributed by atoms with Crippen LogP contribution in [-0.4, -0.2) is 50.1 Å². The number of aryl methyl sites for hydroxylation is 1. The molecular weight excluding hydrogens is 234 g/mol. The van der Waals surface area contributed by atoms with Gasteiger partial charge in [0.1, 0.15) is 5.56 Å². The first kappa shape index (κ1) is 13.0. The van der Waals surface area contributed by atoms with Crippen LogP contribution < -0.4 is 0 Å². The molecule has 1 saturated heterocycles. The van der Waals surface area contributed by atoms with Crippen LogP contribution in [-0.2, 0) is 13.6 Å². The van der Waals surface area contributed by atoms with Crippen molar-refractivity contribution < 1.29 is 15.0 Å². The number of nitrogens with zero attached hydrogens (tertiary/aromatic N) is 3. The number of likely N-dealkylation sites (tertiary alicyclic amines) is 1. The van der Waals surface area contributed by atoms with Gasteiger partial charge in [-0.2, -0.15) is 5.10 Å². The van der Waals surface area contributed by atoms with Crippen molar-refractivity contribution in [2.75, 3.05) is 13.1 Å². The van der Waals surface area contributed by atoms with Gasteiger partial charge in [-0.25, -0.2) is 4.79 Å². The summed E-state index contributed by atoms with van der Waals surface area (Å²) in [7, 11) is 1.75. The minimum atomic E-state index is -0.940. The molecule has 0 radical (unpaired) electrons. The van der Waals surface area contributed by atoms with Crippen LogP contribution in [0.25, 0.3) is 0 Å². The fraction of sp³-hybridized carbons (Fsp3) is 0.667. The highest BCUT2D eigenvalue weighted by molar-refractivity contribution is 5.88. The first-order valence-corrected chi connectivity index (χ1v) is 6.13. The maximum absolute atomic E-state index is 11.1. The van der Waals surface area contributed by atoms with E-state index in [0.29, 0.717) is 12.2 Å². The van der Waals surface area contributed by atoms with Crippen LogP contribution in [0.1, 0.15) is 29.4 Å². The molecule has 1 aromatic rings. The Morgan fingerprint density at radius 3 is 2.94 bits per heavy atom. The number of carboxylic acid groups (broad SMARTS) is 1. The van der Waals surface area contributed by atoms with E-state index < -0.39 is 5.97 Å². The largest absolute Gasteiger partial charge is 0.478 e. The van der Waals surface area contributed by atoms with Gasteiger partial charge in [-0.3, -0.25) is 9.58 Å². The summed E-state index contributed by atoms with van der Waals surface area (Å²) in [6, 6.07) is 0. The number of hydrogen-bond donors (Lipinski definition) is 2. The molecular formula is C12H19N3O3. The molecule has 0 amide bonds. The summed E-state index contributed by atoms with van der Waals surface area (Å²) in [4.78, 5) is 13.2. The van der Waals surface area contributed by atoms with Gasteiger partial charge >= 0.3 is 5.97 Å². The third-order valence-corrected chi connectivity index (χ3v) is 3.66. The predicted molar refractivity (Wildman–Crippen MR) is 65.2 cm³/mol. The second-order valence-corrected chi connectivity index (χ2v) is 4.96. The summed E-state index contributed by atoms with van der Waals surface area (Å²) in [6.07, 6.45) is 2.04. The Hall–Kier alpha value is -1.40. The van der Waals surface area contributed by atoms with Gasteiger partial charge in [0.15, 0.2) is 0 Å². The fourth-order valence-corrected chi connectivity index (χ4v) is 2.44. The Balaban J connectivity index is 2.07. The lowest BCUT2D eigenvalue weighted by atomic mass is 10.0. The monoisotopic (exact) mass is 253 g/mol. The molecule has 100 valence electrons. The van der Waals surface area contributed by atoms with Crippen molar-refractivity contribution in [1.82, 2.24) is 14.7 Å². The zero-order chi connectivity index (χ0) is 13.3. The van der Waals surface area contributed by atoms with E-state index >= 15 is 0 Å². The molecule has 6 nitrogen and oxygen atoms in total. The van der Waals surface area contributed by atoms with Crippen LogP contribution in [0.3, 0.4) is 0 Å². The number of carboxylic acids is 1. The lowest BCUT2D eigenvalue weighted by Gasteiger charge is -2.17. The van der Waals surface area contributed by atoms with Crippen molar-refractivity contribution in [3.05, 3.63) is 17.5 Å². The van der Waals surface area contributed by atoms with Crippen molar-refractivity contribution in [2.45, 2.75) is 26.0 Å². The van der Waals surface area contributed by atoms with E-state index in [1.54, 1.807) is 18.7 Å². The SMILES string of the molecule is CC(O)C1CCN(Cc2c(C(=O)O)cnn2C)C1. The molecule has 2 unspecified atom stereocenters. The number of aromatic nitrogens is 2. The van der Waals surface area contributed by atoms with E-state index in [-0.39, 0.29) is 17.6 Å². The molecule has 0 aliphatic carbocycles. The summed E-state index contributed by atoms with van der Waals surface area (Å²) in [6.45, 7) is 4.07. The third kappa shape index (κ3) is 2.54. The lowest BCUT2D eigenvalue weighted by Crippen LogP contribution is -2.25. The number of hydrogen-bond acceptors (Lipinski definition) is 4. The van der Waals surface area contributed by atoms with E-state index in [1.807, 2.05) is 0 Å². The van der Waals surface area contributed by atoms with Crippen molar-refractivity contribution in [3.63, 3.8) is 0 Å². The highest BCUT2D eigenvalue weighted by Gasteiger charge is 2.27. The van der Waals surface area contributed by atoms with Gasteiger partial charge in [-0.1, -0.05) is 0 Å². The second-order valence-electron chi connectivity index (χ2n) is 4.96. The van der Waals surface area contributed by atoms with Gasteiger partial charge in [-0.15, -0.1) is 0 Å². The normalized spacial score (nSPS) is 22.3. The molecule has 1 aliphatic rings. The van der Waals surface area contributed by atoms with Crippen molar-refractivity contribution in [2.24, 2.45) is 13.0 Å². The molecule has 18 heavy (non-hydrogen) atoms. The average Bonchev–Trinajstić information content (AvgIpc) is 2.88. The summed E-state index contributed by atoms with van der Waals surface area (Å²) in [5.74, 6) is -0.657. The highest BCUT2D eigenvalue weighted by atomic mass is 16.4. The molecule has 1 aliphatic heterocycles. The predicted octanol–water partition coefficient (Wildman–Crippen LogP) is 0.321. The Morgan fingerprint density at radius 2 is 2.39 bits per heavy atom. The standard InChI is InChI=1S/C12H19N3O3/c1-8(16)9-3-4-15(6-9)7-11-10(12(17)18)5-13-14(11)2/h5,8-9,16H,3-4,6-7H2,1-2H3,(H,17,18). The third-order valence-electron chi connectivity index (χ3n) is 3.66. The number of aliphatic hydroxyl groups excluding tert-OH is 1. The summed E-state index contributed by atoms with van der Waals surface area (Å²) < 4.78 is 1.61. The van der Waals surface area contributed by atoms with E-state index in [1.165, 1.54) is 6.20 Å². The molecule has 0 aromatic carbocycles. The molecule has 1 aromatic heterocycles.